The van der Waals surface area contributed by atoms with Gasteiger partial charge in [-0.15, -0.1) is 0 Å². The largest absolute Gasteiger partial charge is 0.494 e. The van der Waals surface area contributed by atoms with Gasteiger partial charge in [0.15, 0.2) is 0 Å². The molecule has 1 unspecified atom stereocenters. The summed E-state index contributed by atoms with van der Waals surface area (Å²) in [5.74, 6) is 1.16. The molecule has 1 N–H and O–H groups in total. The molecule has 3 aliphatic heterocycles. The van der Waals surface area contributed by atoms with Gasteiger partial charge in [-0.05, 0) is 55.9 Å². The van der Waals surface area contributed by atoms with Crippen molar-refractivity contribution in [3.63, 3.8) is 0 Å². The Morgan fingerprint density at radius 3 is 2.67 bits per heavy atom. The number of carbonyl (C=O) groups excluding carboxylic acids is 1. The van der Waals surface area contributed by atoms with E-state index in [2.05, 4.69) is 34.5 Å². The highest BCUT2D eigenvalue weighted by atomic mass is 16.5. The van der Waals surface area contributed by atoms with Gasteiger partial charge in [-0.3, -0.25) is 4.79 Å². The van der Waals surface area contributed by atoms with Gasteiger partial charge in [0.25, 0.3) is 0 Å². The van der Waals surface area contributed by atoms with Crippen LogP contribution in [0.25, 0.3) is 0 Å². The van der Waals surface area contributed by atoms with Crippen molar-refractivity contribution in [1.82, 2.24) is 5.32 Å². The number of nitrogens with zero attached hydrogens (tertiary/aromatic N) is 1. The zero-order valence-corrected chi connectivity index (χ0v) is 14.6. The monoisotopic (exact) mass is 328 g/mol. The maximum atomic E-state index is 12.3. The molecule has 5 rings (SSSR count). The fourth-order valence-electron chi connectivity index (χ4n) is 5.25. The predicted octanol–water partition coefficient (Wildman–Crippen LogP) is 3.50. The standard InChI is InChI=1S/C20H28N2O2/c1-2-24-17-8-6-16(7-9-17)22-14-15-13-20(10-4-3-5-11-20)18(22)12-19(23)21-15/h6-9,15,18H,2-5,10-14H2,1H3,(H,21,23)/t15-,18?/m0/s1. The second kappa shape index (κ2) is 6.30. The quantitative estimate of drug-likeness (QED) is 0.923. The van der Waals surface area contributed by atoms with Crippen molar-refractivity contribution in [3.05, 3.63) is 24.3 Å². The van der Waals surface area contributed by atoms with Crippen molar-refractivity contribution >= 4 is 11.6 Å². The Morgan fingerprint density at radius 2 is 1.96 bits per heavy atom. The van der Waals surface area contributed by atoms with Crippen molar-refractivity contribution in [3.8, 4) is 5.75 Å². The summed E-state index contributed by atoms with van der Waals surface area (Å²) in [6.45, 7) is 3.63. The third kappa shape index (κ3) is 2.76. The summed E-state index contributed by atoms with van der Waals surface area (Å²) >= 11 is 0. The number of hydrogen-bond acceptors (Lipinski definition) is 3. The molecule has 4 fully saturated rings. The molecule has 1 saturated carbocycles. The van der Waals surface area contributed by atoms with Crippen LogP contribution >= 0.6 is 0 Å². The van der Waals surface area contributed by atoms with Crippen LogP contribution in [0.15, 0.2) is 24.3 Å². The molecule has 4 aliphatic rings. The minimum atomic E-state index is 0.237. The highest BCUT2D eigenvalue weighted by Gasteiger charge is 2.51. The Hall–Kier alpha value is -1.71. The number of rotatable bonds is 3. The van der Waals surface area contributed by atoms with Crippen LogP contribution in [0.5, 0.6) is 5.75 Å². The van der Waals surface area contributed by atoms with Crippen LogP contribution < -0.4 is 15.0 Å². The first-order chi connectivity index (χ1) is 11.7. The highest BCUT2D eigenvalue weighted by molar-refractivity contribution is 5.79. The molecule has 24 heavy (non-hydrogen) atoms. The fraction of sp³-hybridized carbons (Fsp3) is 0.650. The van der Waals surface area contributed by atoms with E-state index >= 15 is 0 Å². The number of nitrogens with one attached hydrogen (secondary N) is 1. The lowest BCUT2D eigenvalue weighted by Crippen LogP contribution is -2.57. The van der Waals surface area contributed by atoms with E-state index in [4.69, 9.17) is 4.74 Å². The smallest absolute Gasteiger partial charge is 0.222 e. The number of anilines is 1. The summed E-state index contributed by atoms with van der Waals surface area (Å²) in [7, 11) is 0. The lowest BCUT2D eigenvalue weighted by molar-refractivity contribution is -0.121. The first kappa shape index (κ1) is 15.8. The maximum Gasteiger partial charge on any atom is 0.222 e. The Balaban J connectivity index is 1.65. The molecule has 1 spiro atoms. The van der Waals surface area contributed by atoms with Crippen LogP contribution in [0, 0.1) is 5.41 Å². The first-order valence-electron chi connectivity index (χ1n) is 9.49. The van der Waals surface area contributed by atoms with E-state index in [9.17, 15) is 4.79 Å². The minimum absolute atomic E-state index is 0.237. The molecule has 0 radical (unpaired) electrons. The van der Waals surface area contributed by atoms with Crippen molar-refractivity contribution < 1.29 is 9.53 Å². The molecule has 1 aromatic carbocycles. The second-order valence-corrected chi connectivity index (χ2v) is 7.69. The summed E-state index contributed by atoms with van der Waals surface area (Å²) in [4.78, 5) is 14.8. The van der Waals surface area contributed by atoms with Gasteiger partial charge in [-0.2, -0.15) is 0 Å². The number of ether oxygens (including phenoxy) is 1. The minimum Gasteiger partial charge on any atom is -0.494 e. The first-order valence-corrected chi connectivity index (χ1v) is 9.49. The summed E-state index contributed by atoms with van der Waals surface area (Å²) < 4.78 is 5.58. The van der Waals surface area contributed by atoms with Gasteiger partial charge in [-0.1, -0.05) is 19.3 Å². The van der Waals surface area contributed by atoms with Crippen LogP contribution in [0.1, 0.15) is 51.9 Å². The van der Waals surface area contributed by atoms with E-state index in [1.807, 2.05) is 6.92 Å². The van der Waals surface area contributed by atoms with Crippen LogP contribution in [0.4, 0.5) is 5.69 Å². The van der Waals surface area contributed by atoms with Gasteiger partial charge in [0.2, 0.25) is 5.91 Å². The Morgan fingerprint density at radius 1 is 1.21 bits per heavy atom. The summed E-state index contributed by atoms with van der Waals surface area (Å²) in [5.41, 5.74) is 1.55. The van der Waals surface area contributed by atoms with E-state index in [1.54, 1.807) is 0 Å². The van der Waals surface area contributed by atoms with Crippen LogP contribution in [-0.4, -0.2) is 31.1 Å². The van der Waals surface area contributed by atoms with Gasteiger partial charge in [-0.25, -0.2) is 0 Å². The molecule has 3 heterocycles. The van der Waals surface area contributed by atoms with Crippen molar-refractivity contribution in [2.45, 2.75) is 64.0 Å². The normalized spacial score (nSPS) is 28.5. The topological polar surface area (TPSA) is 41.6 Å². The number of benzene rings is 1. The van der Waals surface area contributed by atoms with Crippen molar-refractivity contribution in [2.75, 3.05) is 18.1 Å². The molecule has 2 atom stereocenters. The average Bonchev–Trinajstić information content (AvgIpc) is 2.82. The lowest BCUT2D eigenvalue weighted by Gasteiger charge is -2.53. The third-order valence-electron chi connectivity index (χ3n) is 6.23. The zero-order chi connectivity index (χ0) is 16.6. The predicted molar refractivity (Wildman–Crippen MR) is 95.4 cm³/mol. The molecular weight excluding hydrogens is 300 g/mol. The molecule has 1 aromatic rings. The van der Waals surface area contributed by atoms with E-state index in [-0.39, 0.29) is 5.91 Å². The van der Waals surface area contributed by atoms with Crippen LogP contribution in [0.2, 0.25) is 0 Å². The molecule has 1 aliphatic carbocycles. The number of hydrogen-bond donors (Lipinski definition) is 1. The van der Waals surface area contributed by atoms with Crippen LogP contribution in [-0.2, 0) is 4.79 Å². The molecule has 4 nitrogen and oxygen atoms in total. The number of fused-ring (bicyclic) bond motifs is 3. The van der Waals surface area contributed by atoms with E-state index in [0.29, 0.717) is 30.5 Å². The Bertz CT molecular complexity index is 592. The Labute approximate surface area is 144 Å². The molecule has 130 valence electrons. The molecule has 2 bridgehead atoms. The van der Waals surface area contributed by atoms with Gasteiger partial charge in [0.05, 0.1) is 6.61 Å². The SMILES string of the molecule is CCOc1ccc(N2C[C@@H]3CC4(CCCCC4)C2CC(=O)N3)cc1. The van der Waals surface area contributed by atoms with Crippen LogP contribution in [0.3, 0.4) is 0 Å². The summed E-state index contributed by atoms with van der Waals surface area (Å²) in [6.07, 6.45) is 8.33. The molecule has 1 amide bonds. The number of piperidine rings is 1. The van der Waals surface area contributed by atoms with Crippen molar-refractivity contribution in [2.24, 2.45) is 5.41 Å². The van der Waals surface area contributed by atoms with Crippen molar-refractivity contribution in [1.29, 1.82) is 0 Å². The van der Waals surface area contributed by atoms with Gasteiger partial charge in [0, 0.05) is 30.7 Å². The molecule has 4 heteroatoms. The molecule has 3 saturated heterocycles. The number of carbonyl (C=O) groups is 1. The van der Waals surface area contributed by atoms with E-state index < -0.39 is 0 Å². The summed E-state index contributed by atoms with van der Waals surface area (Å²) in [5, 5.41) is 3.27. The second-order valence-electron chi connectivity index (χ2n) is 7.69. The molecule has 0 aromatic heterocycles. The van der Waals surface area contributed by atoms with E-state index in [1.165, 1.54) is 37.8 Å². The molecular formula is C20H28N2O2. The lowest BCUT2D eigenvalue weighted by atomic mass is 9.63. The highest BCUT2D eigenvalue weighted by Crippen LogP contribution is 2.50. The average molecular weight is 328 g/mol. The van der Waals surface area contributed by atoms with E-state index in [0.717, 1.165) is 18.7 Å². The Kier molecular flexibility index (Phi) is 4.15. The zero-order valence-electron chi connectivity index (χ0n) is 14.6. The van der Waals surface area contributed by atoms with Gasteiger partial charge >= 0.3 is 0 Å². The summed E-state index contributed by atoms with van der Waals surface area (Å²) in [6, 6.07) is 9.06. The fourth-order valence-corrected chi connectivity index (χ4v) is 5.25. The number of amides is 1. The maximum absolute atomic E-state index is 12.3. The van der Waals surface area contributed by atoms with Gasteiger partial charge < -0.3 is 15.0 Å². The van der Waals surface area contributed by atoms with Gasteiger partial charge in [0.1, 0.15) is 5.75 Å². The third-order valence-corrected chi connectivity index (χ3v) is 6.23.